The number of aromatic carboxylic acids is 1. The molecule has 1 fully saturated rings. The number of nitrogens with one attached hydrogen (secondary N) is 1. The molecule has 1 saturated heterocycles. The average Bonchev–Trinajstić information content (AvgIpc) is 3.17. The van der Waals surface area contributed by atoms with E-state index in [1.165, 1.54) is 22.7 Å². The summed E-state index contributed by atoms with van der Waals surface area (Å²) < 4.78 is 12.1. The number of amides is 2. The number of hydrogen-bond donors (Lipinski definition) is 2. The van der Waals surface area contributed by atoms with Crippen molar-refractivity contribution in [3.8, 4) is 11.5 Å². The van der Waals surface area contributed by atoms with Crippen LogP contribution in [0, 0.1) is 6.92 Å². The lowest BCUT2D eigenvalue weighted by molar-refractivity contribution is -0.121. The highest BCUT2D eigenvalue weighted by Crippen LogP contribution is 2.40. The van der Waals surface area contributed by atoms with E-state index < -0.39 is 5.97 Å². The molecule has 9 nitrogen and oxygen atoms in total. The summed E-state index contributed by atoms with van der Waals surface area (Å²) in [6.07, 6.45) is 1.71. The van der Waals surface area contributed by atoms with Crippen LogP contribution in [-0.2, 0) is 9.59 Å². The Morgan fingerprint density at radius 2 is 1.88 bits per heavy atom. The number of carbonyl (C=O) groups excluding carboxylic acids is 2. The van der Waals surface area contributed by atoms with E-state index in [1.807, 2.05) is 25.1 Å². The van der Waals surface area contributed by atoms with Crippen LogP contribution in [0.5, 0.6) is 11.5 Å². The van der Waals surface area contributed by atoms with Crippen molar-refractivity contribution in [2.75, 3.05) is 25.6 Å². The van der Waals surface area contributed by atoms with E-state index in [-0.39, 0.29) is 24.0 Å². The number of nitrogens with zero attached hydrogens (tertiary/aromatic N) is 2. The molecule has 3 aromatic rings. The first-order valence-electron chi connectivity index (χ1n) is 12.2. The molecule has 4 rings (SSSR count). The van der Waals surface area contributed by atoms with Crippen LogP contribution < -0.4 is 14.8 Å². The van der Waals surface area contributed by atoms with Crippen molar-refractivity contribution in [3.63, 3.8) is 0 Å². The van der Waals surface area contributed by atoms with Gasteiger partial charge >= 0.3 is 5.97 Å². The first kappa shape index (κ1) is 28.9. The van der Waals surface area contributed by atoms with Gasteiger partial charge in [-0.05, 0) is 95.1 Å². The van der Waals surface area contributed by atoms with Gasteiger partial charge in [0.05, 0.1) is 27.2 Å². The average molecular weight is 625 g/mol. The second-order valence-corrected chi connectivity index (χ2v) is 10.5. The Bertz CT molecular complexity index is 1520. The van der Waals surface area contributed by atoms with Crippen molar-refractivity contribution >= 4 is 68.1 Å². The highest BCUT2D eigenvalue weighted by molar-refractivity contribution is 9.10. The van der Waals surface area contributed by atoms with Crippen LogP contribution >= 0.6 is 27.7 Å². The Morgan fingerprint density at radius 1 is 1.12 bits per heavy atom. The third-order valence-corrected chi connectivity index (χ3v) is 7.44. The summed E-state index contributed by atoms with van der Waals surface area (Å²) in [5.74, 6) is -0.828. The fourth-order valence-corrected chi connectivity index (χ4v) is 5.37. The Balaban J connectivity index is 1.55. The Labute approximate surface area is 244 Å². The van der Waals surface area contributed by atoms with Gasteiger partial charge in [0.1, 0.15) is 0 Å². The maximum absolute atomic E-state index is 13.0. The molecule has 1 heterocycles. The van der Waals surface area contributed by atoms with Gasteiger partial charge in [-0.2, -0.15) is 0 Å². The number of carboxylic acid groups (broad SMARTS) is 1. The molecule has 0 saturated carbocycles. The normalized spacial score (nSPS) is 15.0. The number of amidine groups is 1. The summed E-state index contributed by atoms with van der Waals surface area (Å²) in [6, 6.07) is 17.4. The lowest BCUT2D eigenvalue weighted by Crippen LogP contribution is -2.23. The van der Waals surface area contributed by atoms with Gasteiger partial charge in [0.2, 0.25) is 0 Å². The van der Waals surface area contributed by atoms with Gasteiger partial charge in [-0.15, -0.1) is 0 Å². The summed E-state index contributed by atoms with van der Waals surface area (Å²) in [5, 5.41) is 12.6. The minimum absolute atomic E-state index is 0.155. The SMILES string of the molecule is CCOc1cc(/C=C2\SC(=Nc3cccc(C(=O)O)c3C)N(C)C2=O)cc(Br)c1OCC(=O)Nc1ccccc1. The van der Waals surface area contributed by atoms with Gasteiger partial charge in [-0.1, -0.05) is 24.3 Å². The molecule has 0 spiro atoms. The second kappa shape index (κ2) is 12.8. The van der Waals surface area contributed by atoms with E-state index in [1.54, 1.807) is 56.4 Å². The third kappa shape index (κ3) is 6.72. The first-order valence-corrected chi connectivity index (χ1v) is 13.8. The summed E-state index contributed by atoms with van der Waals surface area (Å²) in [4.78, 5) is 43.3. The molecule has 0 aromatic heterocycles. The van der Waals surface area contributed by atoms with Crippen LogP contribution in [-0.4, -0.2) is 53.2 Å². The van der Waals surface area contributed by atoms with Crippen molar-refractivity contribution in [2.24, 2.45) is 4.99 Å². The number of thioether (sulfide) groups is 1. The van der Waals surface area contributed by atoms with Gasteiger partial charge in [-0.3, -0.25) is 14.5 Å². The molecular weight excluding hydrogens is 598 g/mol. The van der Waals surface area contributed by atoms with E-state index in [2.05, 4.69) is 26.2 Å². The smallest absolute Gasteiger partial charge is 0.336 e. The molecule has 1 aliphatic rings. The predicted molar refractivity (Wildman–Crippen MR) is 159 cm³/mol. The molecule has 0 aliphatic carbocycles. The lowest BCUT2D eigenvalue weighted by atomic mass is 10.1. The Morgan fingerprint density at radius 3 is 2.58 bits per heavy atom. The van der Waals surface area contributed by atoms with Crippen molar-refractivity contribution in [1.29, 1.82) is 0 Å². The van der Waals surface area contributed by atoms with Gasteiger partial charge in [0.15, 0.2) is 23.3 Å². The van der Waals surface area contributed by atoms with Gasteiger partial charge in [0, 0.05) is 12.7 Å². The number of carboxylic acids is 1. The maximum atomic E-state index is 13.0. The number of rotatable bonds is 9. The van der Waals surface area contributed by atoms with E-state index in [9.17, 15) is 19.5 Å². The molecule has 0 bridgehead atoms. The highest BCUT2D eigenvalue weighted by Gasteiger charge is 2.31. The number of para-hydroxylation sites is 1. The summed E-state index contributed by atoms with van der Waals surface area (Å²) in [5.41, 5.74) is 2.48. The topological polar surface area (TPSA) is 118 Å². The molecule has 2 N–H and O–H groups in total. The number of hydrogen-bond acceptors (Lipinski definition) is 7. The minimum atomic E-state index is -1.04. The number of carbonyl (C=O) groups is 3. The van der Waals surface area contributed by atoms with Crippen LogP contribution in [0.25, 0.3) is 6.08 Å². The number of likely N-dealkylation sites (N-methyl/N-ethyl adjacent to an activating group) is 1. The quantitative estimate of drug-likeness (QED) is 0.276. The number of benzene rings is 3. The van der Waals surface area contributed by atoms with E-state index in [4.69, 9.17) is 9.47 Å². The van der Waals surface area contributed by atoms with E-state index >= 15 is 0 Å². The van der Waals surface area contributed by atoms with Crippen molar-refractivity contribution < 1.29 is 29.0 Å². The van der Waals surface area contributed by atoms with E-state index in [0.29, 0.717) is 55.2 Å². The summed E-state index contributed by atoms with van der Waals surface area (Å²) in [7, 11) is 1.62. The van der Waals surface area contributed by atoms with Gasteiger partial charge < -0.3 is 19.9 Å². The predicted octanol–water partition coefficient (Wildman–Crippen LogP) is 6.11. The number of anilines is 1. The molecule has 11 heteroatoms. The molecule has 0 unspecified atom stereocenters. The van der Waals surface area contributed by atoms with E-state index in [0.717, 1.165) is 0 Å². The number of ether oxygens (including phenoxy) is 2. The summed E-state index contributed by atoms with van der Waals surface area (Å²) in [6.45, 7) is 3.65. The van der Waals surface area contributed by atoms with Crippen molar-refractivity contribution in [2.45, 2.75) is 13.8 Å². The highest BCUT2D eigenvalue weighted by atomic mass is 79.9. The molecule has 206 valence electrons. The first-order chi connectivity index (χ1) is 19.2. The Kier molecular flexibility index (Phi) is 9.28. The second-order valence-electron chi connectivity index (χ2n) is 8.59. The molecule has 0 radical (unpaired) electrons. The minimum Gasteiger partial charge on any atom is -0.490 e. The number of aliphatic imine (C=N–C) groups is 1. The van der Waals surface area contributed by atoms with Gasteiger partial charge in [0.25, 0.3) is 11.8 Å². The molecule has 3 aromatic carbocycles. The third-order valence-electron chi connectivity index (χ3n) is 5.79. The maximum Gasteiger partial charge on any atom is 0.336 e. The number of halogens is 1. The molecule has 40 heavy (non-hydrogen) atoms. The zero-order chi connectivity index (χ0) is 28.8. The summed E-state index contributed by atoms with van der Waals surface area (Å²) >= 11 is 4.69. The van der Waals surface area contributed by atoms with Crippen LogP contribution in [0.15, 0.2) is 75.0 Å². The van der Waals surface area contributed by atoms with Crippen molar-refractivity contribution in [3.05, 3.63) is 86.7 Å². The monoisotopic (exact) mass is 623 g/mol. The van der Waals surface area contributed by atoms with Crippen LogP contribution in [0.3, 0.4) is 0 Å². The van der Waals surface area contributed by atoms with Crippen LogP contribution in [0.1, 0.15) is 28.4 Å². The molecule has 2 amide bonds. The zero-order valence-electron chi connectivity index (χ0n) is 21.9. The fourth-order valence-electron chi connectivity index (χ4n) is 3.81. The van der Waals surface area contributed by atoms with Crippen molar-refractivity contribution in [1.82, 2.24) is 4.90 Å². The molecule has 1 aliphatic heterocycles. The largest absolute Gasteiger partial charge is 0.490 e. The van der Waals surface area contributed by atoms with Crippen LogP contribution in [0.2, 0.25) is 0 Å². The Hall–Kier alpha value is -4.09. The standard InChI is InChI=1S/C29H26BrN3O6S/c1-4-38-23-14-18(13-21(30)26(23)39-16-25(34)31-19-9-6-5-7-10-19)15-24-27(35)33(3)29(40-24)32-22-12-8-11-20(17(22)2)28(36)37/h5-15H,4,16H2,1-3H3,(H,31,34)(H,36,37)/b24-15-,32-29?. The lowest BCUT2D eigenvalue weighted by Gasteiger charge is -2.15. The van der Waals surface area contributed by atoms with Gasteiger partial charge in [-0.25, -0.2) is 9.79 Å². The van der Waals surface area contributed by atoms with Crippen LogP contribution in [0.4, 0.5) is 11.4 Å². The molecule has 0 atom stereocenters. The zero-order valence-corrected chi connectivity index (χ0v) is 24.3. The molecular formula is C29H26BrN3O6S. The fraction of sp³-hybridized carbons (Fsp3) is 0.172.